The van der Waals surface area contributed by atoms with E-state index in [0.717, 1.165) is 5.56 Å². The summed E-state index contributed by atoms with van der Waals surface area (Å²) in [6.45, 7) is 12.4. The average Bonchev–Trinajstić information content (AvgIpc) is 3.26. The molecule has 0 amide bonds. The van der Waals surface area contributed by atoms with Gasteiger partial charge in [0.1, 0.15) is 0 Å². The van der Waals surface area contributed by atoms with Gasteiger partial charge in [-0.3, -0.25) is 9.59 Å². The van der Waals surface area contributed by atoms with Gasteiger partial charge in [0.05, 0.1) is 13.2 Å². The second-order valence-corrected chi connectivity index (χ2v) is 9.99. The molecule has 0 saturated heterocycles. The highest BCUT2D eigenvalue weighted by molar-refractivity contribution is 6.30. The van der Waals surface area contributed by atoms with Gasteiger partial charge in [-0.25, -0.2) is 0 Å². The summed E-state index contributed by atoms with van der Waals surface area (Å²) < 4.78 is 11.0. The molecule has 2 rings (SSSR count). The van der Waals surface area contributed by atoms with Gasteiger partial charge in [0.25, 0.3) is 0 Å². The molecule has 0 aromatic heterocycles. The zero-order valence-electron chi connectivity index (χ0n) is 16.5. The van der Waals surface area contributed by atoms with E-state index >= 15 is 0 Å². The second-order valence-electron chi connectivity index (χ2n) is 9.55. The summed E-state index contributed by atoms with van der Waals surface area (Å²) in [5.74, 6) is -1.22. The molecule has 0 radical (unpaired) electrons. The molecular formula is C21H29ClO4. The molecule has 1 aromatic carbocycles. The van der Waals surface area contributed by atoms with E-state index in [1.54, 1.807) is 12.1 Å². The molecule has 1 aliphatic rings. The van der Waals surface area contributed by atoms with Crippen molar-refractivity contribution < 1.29 is 19.1 Å². The van der Waals surface area contributed by atoms with Gasteiger partial charge in [-0.15, -0.1) is 0 Å². The maximum atomic E-state index is 12.8. The fourth-order valence-corrected chi connectivity index (χ4v) is 2.84. The summed E-state index contributed by atoms with van der Waals surface area (Å²) >= 11 is 5.95. The largest absolute Gasteiger partial charge is 0.464 e. The van der Waals surface area contributed by atoms with Crippen molar-refractivity contribution in [3.8, 4) is 0 Å². The molecule has 1 fully saturated rings. The van der Waals surface area contributed by atoms with E-state index in [0.29, 0.717) is 11.4 Å². The first-order valence-corrected chi connectivity index (χ1v) is 9.33. The van der Waals surface area contributed by atoms with Gasteiger partial charge in [-0.05, 0) is 34.9 Å². The predicted molar refractivity (Wildman–Crippen MR) is 102 cm³/mol. The molecule has 0 aliphatic heterocycles. The number of carbonyl (C=O) groups excluding carboxylic acids is 2. The molecule has 0 heterocycles. The molecule has 1 aromatic rings. The van der Waals surface area contributed by atoms with Crippen molar-refractivity contribution in [2.75, 3.05) is 13.2 Å². The van der Waals surface area contributed by atoms with Gasteiger partial charge >= 0.3 is 11.9 Å². The number of hydrogen-bond acceptors (Lipinski definition) is 4. The molecule has 0 N–H and O–H groups in total. The van der Waals surface area contributed by atoms with E-state index in [-0.39, 0.29) is 30.0 Å². The Hall–Kier alpha value is -1.55. The Kier molecular flexibility index (Phi) is 5.77. The Morgan fingerprint density at radius 2 is 1.38 bits per heavy atom. The zero-order valence-corrected chi connectivity index (χ0v) is 17.3. The minimum absolute atomic E-state index is 0.170. The van der Waals surface area contributed by atoms with Crippen molar-refractivity contribution in [1.29, 1.82) is 0 Å². The third kappa shape index (κ3) is 5.00. The smallest absolute Gasteiger partial charge is 0.324 e. The van der Waals surface area contributed by atoms with Crippen LogP contribution in [0.3, 0.4) is 0 Å². The third-order valence-corrected chi connectivity index (χ3v) is 4.49. The lowest BCUT2D eigenvalue weighted by Crippen LogP contribution is -2.35. The fraction of sp³-hybridized carbons (Fsp3) is 0.619. The van der Waals surface area contributed by atoms with Crippen LogP contribution >= 0.6 is 11.6 Å². The van der Waals surface area contributed by atoms with Crippen LogP contribution in [0.4, 0.5) is 0 Å². The first-order valence-electron chi connectivity index (χ1n) is 8.95. The van der Waals surface area contributed by atoms with E-state index in [2.05, 4.69) is 0 Å². The van der Waals surface area contributed by atoms with E-state index in [4.69, 9.17) is 21.1 Å². The summed E-state index contributed by atoms with van der Waals surface area (Å²) in [7, 11) is 0. The normalized spacial score (nSPS) is 19.0. The topological polar surface area (TPSA) is 52.6 Å². The minimum Gasteiger partial charge on any atom is -0.464 e. The van der Waals surface area contributed by atoms with Crippen LogP contribution in [0.2, 0.25) is 5.02 Å². The van der Waals surface area contributed by atoms with E-state index in [1.807, 2.05) is 53.7 Å². The number of carbonyl (C=O) groups is 2. The number of hydrogen-bond donors (Lipinski definition) is 0. The Labute approximate surface area is 161 Å². The minimum atomic E-state index is -1.25. The summed E-state index contributed by atoms with van der Waals surface area (Å²) in [6.07, 6.45) is 0.403. The first kappa shape index (κ1) is 20.8. The van der Waals surface area contributed by atoms with Gasteiger partial charge in [0.15, 0.2) is 5.41 Å². The highest BCUT2D eigenvalue weighted by atomic mass is 35.5. The van der Waals surface area contributed by atoms with E-state index < -0.39 is 17.4 Å². The van der Waals surface area contributed by atoms with Gasteiger partial charge in [-0.1, -0.05) is 65.3 Å². The summed E-state index contributed by atoms with van der Waals surface area (Å²) in [5, 5.41) is 0.616. The third-order valence-electron chi connectivity index (χ3n) is 4.23. The van der Waals surface area contributed by atoms with Crippen molar-refractivity contribution in [2.45, 2.75) is 53.9 Å². The predicted octanol–water partition coefficient (Wildman–Crippen LogP) is 4.99. The van der Waals surface area contributed by atoms with Crippen molar-refractivity contribution >= 4 is 23.5 Å². The average molecular weight is 381 g/mol. The fourth-order valence-electron chi connectivity index (χ4n) is 2.72. The van der Waals surface area contributed by atoms with Crippen molar-refractivity contribution in [3.05, 3.63) is 34.9 Å². The molecule has 0 spiro atoms. The van der Waals surface area contributed by atoms with Gasteiger partial charge in [0.2, 0.25) is 0 Å². The highest BCUT2D eigenvalue weighted by Gasteiger charge is 2.68. The lowest BCUT2D eigenvalue weighted by molar-refractivity contribution is -0.168. The molecular weight excluding hydrogens is 352 g/mol. The molecule has 1 aliphatic carbocycles. The maximum absolute atomic E-state index is 12.8. The number of benzene rings is 1. The lowest BCUT2D eigenvalue weighted by atomic mass is 9.96. The standard InChI is InChI=1S/C21H29ClO4/c1-19(2,3)12-25-17(23)21(18(24)26-13-20(4,5)6)11-16(21)14-7-9-15(22)10-8-14/h7-10,16H,11-13H2,1-6H3. The van der Waals surface area contributed by atoms with Crippen LogP contribution in [-0.2, 0) is 19.1 Å². The number of halogens is 1. The van der Waals surface area contributed by atoms with Crippen LogP contribution in [0.5, 0.6) is 0 Å². The Bertz CT molecular complexity index is 635. The molecule has 5 heteroatoms. The van der Waals surface area contributed by atoms with Gasteiger partial charge < -0.3 is 9.47 Å². The number of rotatable bonds is 5. The lowest BCUT2D eigenvalue weighted by Gasteiger charge is -2.23. The Morgan fingerprint density at radius 1 is 0.962 bits per heavy atom. The van der Waals surface area contributed by atoms with E-state index in [9.17, 15) is 9.59 Å². The van der Waals surface area contributed by atoms with Crippen LogP contribution in [0, 0.1) is 16.2 Å². The summed E-state index contributed by atoms with van der Waals surface area (Å²) in [6, 6.07) is 7.23. The molecule has 4 nitrogen and oxygen atoms in total. The number of esters is 2. The van der Waals surface area contributed by atoms with Gasteiger partial charge in [0, 0.05) is 10.9 Å². The SMILES string of the molecule is CC(C)(C)COC(=O)C1(C(=O)OCC(C)(C)C)CC1c1ccc(Cl)cc1. The van der Waals surface area contributed by atoms with Crippen LogP contribution in [0.1, 0.15) is 59.4 Å². The number of ether oxygens (including phenoxy) is 2. The van der Waals surface area contributed by atoms with Crippen molar-refractivity contribution in [1.82, 2.24) is 0 Å². The molecule has 144 valence electrons. The molecule has 1 atom stereocenters. The molecule has 1 unspecified atom stereocenters. The Balaban J connectivity index is 2.21. The summed E-state index contributed by atoms with van der Waals surface area (Å²) in [5.41, 5.74) is -0.687. The van der Waals surface area contributed by atoms with Crippen molar-refractivity contribution in [3.63, 3.8) is 0 Å². The van der Waals surface area contributed by atoms with Gasteiger partial charge in [-0.2, -0.15) is 0 Å². The van der Waals surface area contributed by atoms with Crippen LogP contribution in [0.25, 0.3) is 0 Å². The summed E-state index contributed by atoms with van der Waals surface area (Å²) in [4.78, 5) is 25.7. The molecule has 0 bridgehead atoms. The zero-order chi connectivity index (χ0) is 19.8. The Morgan fingerprint density at radius 3 is 1.77 bits per heavy atom. The van der Waals surface area contributed by atoms with Crippen molar-refractivity contribution in [2.24, 2.45) is 16.2 Å². The maximum Gasteiger partial charge on any atom is 0.324 e. The molecule has 26 heavy (non-hydrogen) atoms. The quantitative estimate of drug-likeness (QED) is 0.533. The molecule has 1 saturated carbocycles. The second kappa shape index (κ2) is 7.22. The van der Waals surface area contributed by atoms with E-state index in [1.165, 1.54) is 0 Å². The monoisotopic (exact) mass is 380 g/mol. The van der Waals surface area contributed by atoms with Crippen LogP contribution < -0.4 is 0 Å². The highest BCUT2D eigenvalue weighted by Crippen LogP contribution is 2.61. The van der Waals surface area contributed by atoms with Crippen LogP contribution in [-0.4, -0.2) is 25.2 Å². The first-order chi connectivity index (χ1) is 11.8. The van der Waals surface area contributed by atoms with Crippen LogP contribution in [0.15, 0.2) is 24.3 Å².